The van der Waals surface area contributed by atoms with Crippen LogP contribution in [0.1, 0.15) is 0 Å². The third-order valence-corrected chi connectivity index (χ3v) is 5.09. The van der Waals surface area contributed by atoms with E-state index in [4.69, 9.17) is 30.7 Å². The standard InChI is InChI=1S/C21H24ClN5O6/c1-30-17-6-5-13(9-14(17)24-21(29)15(11-28)25-22)27-16(10-23-26-27)12-7-18(31-2)20(33-4)19(8-12)32-3/h5-10,15,25,28H,11H2,1-4H3,(H,24,29)/t15-/m0/s1. The van der Waals surface area contributed by atoms with E-state index in [0.717, 1.165) is 0 Å². The number of anilines is 1. The summed E-state index contributed by atoms with van der Waals surface area (Å²) in [6, 6.07) is 7.65. The van der Waals surface area contributed by atoms with Gasteiger partial charge < -0.3 is 29.4 Å². The first-order valence-corrected chi connectivity index (χ1v) is 10.1. The van der Waals surface area contributed by atoms with Crippen molar-refractivity contribution in [3.63, 3.8) is 0 Å². The maximum Gasteiger partial charge on any atom is 0.245 e. The monoisotopic (exact) mass is 477 g/mol. The number of hydrogen-bond acceptors (Lipinski definition) is 9. The number of carbonyl (C=O) groups excluding carboxylic acids is 1. The molecule has 11 nitrogen and oxygen atoms in total. The van der Waals surface area contributed by atoms with Crippen molar-refractivity contribution in [1.82, 2.24) is 19.8 Å². The summed E-state index contributed by atoms with van der Waals surface area (Å²) in [7, 11) is 6.07. The molecule has 0 aliphatic rings. The largest absolute Gasteiger partial charge is 0.495 e. The van der Waals surface area contributed by atoms with E-state index in [9.17, 15) is 9.90 Å². The van der Waals surface area contributed by atoms with Gasteiger partial charge in [0.15, 0.2) is 11.5 Å². The second-order valence-electron chi connectivity index (χ2n) is 6.66. The number of hydrogen-bond donors (Lipinski definition) is 3. The van der Waals surface area contributed by atoms with Gasteiger partial charge in [0.25, 0.3) is 0 Å². The Kier molecular flexibility index (Phi) is 7.93. The van der Waals surface area contributed by atoms with Crippen molar-refractivity contribution in [2.24, 2.45) is 0 Å². The first-order valence-electron chi connectivity index (χ1n) is 9.68. The topological polar surface area (TPSA) is 129 Å². The zero-order valence-electron chi connectivity index (χ0n) is 18.5. The summed E-state index contributed by atoms with van der Waals surface area (Å²) >= 11 is 5.52. The number of nitrogens with zero attached hydrogens (tertiary/aromatic N) is 3. The molecule has 12 heteroatoms. The van der Waals surface area contributed by atoms with Gasteiger partial charge in [-0.05, 0) is 42.1 Å². The molecule has 1 atom stereocenters. The van der Waals surface area contributed by atoms with Gasteiger partial charge in [-0.25, -0.2) is 9.52 Å². The molecule has 0 fully saturated rings. The summed E-state index contributed by atoms with van der Waals surface area (Å²) in [5.41, 5.74) is 2.29. The lowest BCUT2D eigenvalue weighted by Gasteiger charge is -2.17. The van der Waals surface area contributed by atoms with E-state index < -0.39 is 18.6 Å². The van der Waals surface area contributed by atoms with Crippen molar-refractivity contribution in [3.8, 4) is 39.9 Å². The molecule has 33 heavy (non-hydrogen) atoms. The van der Waals surface area contributed by atoms with Crippen LogP contribution in [0.4, 0.5) is 5.69 Å². The van der Waals surface area contributed by atoms with Crippen LogP contribution in [0, 0.1) is 0 Å². The lowest BCUT2D eigenvalue weighted by molar-refractivity contribution is -0.118. The SMILES string of the molecule is COc1ccc(-n2nncc2-c2cc(OC)c(OC)c(OC)c2)cc1NC(=O)[C@H](CO)NCl. The highest BCUT2D eigenvalue weighted by Crippen LogP contribution is 2.41. The predicted molar refractivity (Wildman–Crippen MR) is 121 cm³/mol. The van der Waals surface area contributed by atoms with Gasteiger partial charge in [-0.15, -0.1) is 5.10 Å². The van der Waals surface area contributed by atoms with Crippen LogP contribution in [0.15, 0.2) is 36.5 Å². The molecule has 176 valence electrons. The van der Waals surface area contributed by atoms with E-state index >= 15 is 0 Å². The highest BCUT2D eigenvalue weighted by atomic mass is 35.5. The van der Waals surface area contributed by atoms with Crippen molar-refractivity contribution < 1.29 is 28.8 Å². The second kappa shape index (κ2) is 10.9. The number of benzene rings is 2. The van der Waals surface area contributed by atoms with Crippen LogP contribution in [0.5, 0.6) is 23.0 Å². The highest BCUT2D eigenvalue weighted by molar-refractivity contribution is 6.15. The fourth-order valence-electron chi connectivity index (χ4n) is 3.16. The zero-order chi connectivity index (χ0) is 24.0. The quantitative estimate of drug-likeness (QED) is 0.375. The maximum atomic E-state index is 12.4. The molecular weight excluding hydrogens is 454 g/mol. The Morgan fingerprint density at radius 3 is 2.27 bits per heavy atom. The van der Waals surface area contributed by atoms with Gasteiger partial charge in [0, 0.05) is 5.56 Å². The van der Waals surface area contributed by atoms with E-state index in [1.54, 1.807) is 41.2 Å². The van der Waals surface area contributed by atoms with Crippen molar-refractivity contribution in [2.75, 3.05) is 40.4 Å². The van der Waals surface area contributed by atoms with E-state index in [1.807, 2.05) is 0 Å². The molecule has 3 rings (SSSR count). The number of ether oxygens (including phenoxy) is 4. The minimum atomic E-state index is -0.999. The fourth-order valence-corrected chi connectivity index (χ4v) is 3.33. The number of nitrogens with one attached hydrogen (secondary N) is 2. The normalized spacial score (nSPS) is 11.6. The Morgan fingerprint density at radius 2 is 1.73 bits per heavy atom. The van der Waals surface area contributed by atoms with Crippen molar-refractivity contribution >= 4 is 23.4 Å². The van der Waals surface area contributed by atoms with Crippen LogP contribution in [0.2, 0.25) is 0 Å². The van der Waals surface area contributed by atoms with Gasteiger partial charge in [0.2, 0.25) is 11.7 Å². The maximum absolute atomic E-state index is 12.4. The number of carbonyl (C=O) groups is 1. The molecule has 0 spiro atoms. The number of aromatic nitrogens is 3. The van der Waals surface area contributed by atoms with E-state index in [-0.39, 0.29) is 0 Å². The minimum absolute atomic E-state index is 0.358. The number of aliphatic hydroxyl groups is 1. The molecule has 3 N–H and O–H groups in total. The molecular formula is C21H24ClN5O6. The summed E-state index contributed by atoms with van der Waals surface area (Å²) in [6.07, 6.45) is 1.59. The van der Waals surface area contributed by atoms with Crippen LogP contribution in [-0.4, -0.2) is 67.1 Å². The Labute approximate surface area is 195 Å². The Balaban J connectivity index is 2.06. The van der Waals surface area contributed by atoms with Crippen molar-refractivity contribution in [3.05, 3.63) is 36.5 Å². The third-order valence-electron chi connectivity index (χ3n) is 4.83. The van der Waals surface area contributed by atoms with Crippen LogP contribution >= 0.6 is 11.8 Å². The first kappa shape index (κ1) is 24.1. The molecule has 0 bridgehead atoms. The lowest BCUT2D eigenvalue weighted by atomic mass is 10.1. The molecule has 0 aliphatic carbocycles. The van der Waals surface area contributed by atoms with Gasteiger partial charge in [0.1, 0.15) is 11.8 Å². The minimum Gasteiger partial charge on any atom is -0.495 e. The number of rotatable bonds is 10. The number of amides is 1. The molecule has 2 aromatic carbocycles. The highest BCUT2D eigenvalue weighted by Gasteiger charge is 2.20. The van der Waals surface area contributed by atoms with Crippen molar-refractivity contribution in [2.45, 2.75) is 6.04 Å². The van der Waals surface area contributed by atoms with Crippen LogP contribution in [0.3, 0.4) is 0 Å². The molecule has 0 aliphatic heterocycles. The van der Waals surface area contributed by atoms with Gasteiger partial charge in [-0.3, -0.25) is 4.79 Å². The zero-order valence-corrected chi connectivity index (χ0v) is 19.2. The lowest BCUT2D eigenvalue weighted by Crippen LogP contribution is -2.38. The Morgan fingerprint density at radius 1 is 1.06 bits per heavy atom. The summed E-state index contributed by atoms with van der Waals surface area (Å²) < 4.78 is 23.2. The van der Waals surface area contributed by atoms with Gasteiger partial charge >= 0.3 is 0 Å². The summed E-state index contributed by atoms with van der Waals surface area (Å²) in [5, 5.41) is 20.2. The average Bonchev–Trinajstić information content (AvgIpc) is 3.33. The summed E-state index contributed by atoms with van der Waals surface area (Å²) in [6.45, 7) is -0.480. The van der Waals surface area contributed by atoms with E-state index in [1.165, 1.54) is 28.4 Å². The predicted octanol–water partition coefficient (Wildman–Crippen LogP) is 2.01. The Bertz CT molecular complexity index is 1090. The molecule has 1 heterocycles. The number of methoxy groups -OCH3 is 4. The van der Waals surface area contributed by atoms with Gasteiger partial charge in [-0.2, -0.15) is 0 Å². The van der Waals surface area contributed by atoms with Crippen LogP contribution in [0.25, 0.3) is 16.9 Å². The molecule has 3 aromatic rings. The molecule has 0 saturated heterocycles. The van der Waals surface area contributed by atoms with Gasteiger partial charge in [0.05, 0.1) is 58.3 Å². The molecule has 1 aromatic heterocycles. The molecule has 0 radical (unpaired) electrons. The number of halogens is 1. The van der Waals surface area contributed by atoms with Crippen LogP contribution < -0.4 is 29.1 Å². The van der Waals surface area contributed by atoms with E-state index in [2.05, 4.69) is 20.5 Å². The Hall–Kier alpha value is -3.54. The molecule has 0 saturated carbocycles. The smallest absolute Gasteiger partial charge is 0.245 e. The van der Waals surface area contributed by atoms with Crippen molar-refractivity contribution in [1.29, 1.82) is 0 Å². The fraction of sp³-hybridized carbons (Fsp3) is 0.286. The third kappa shape index (κ3) is 4.95. The summed E-state index contributed by atoms with van der Waals surface area (Å²) in [4.78, 5) is 14.6. The number of aliphatic hydroxyl groups excluding tert-OH is 1. The summed E-state index contributed by atoms with van der Waals surface area (Å²) in [5.74, 6) is 1.29. The molecule has 1 amide bonds. The molecule has 0 unspecified atom stereocenters. The average molecular weight is 478 g/mol. The van der Waals surface area contributed by atoms with E-state index in [0.29, 0.717) is 45.6 Å². The first-order chi connectivity index (χ1) is 16.0. The second-order valence-corrected chi connectivity index (χ2v) is 6.88. The van der Waals surface area contributed by atoms with Crippen LogP contribution in [-0.2, 0) is 4.79 Å². The van der Waals surface area contributed by atoms with Gasteiger partial charge in [-0.1, -0.05) is 5.21 Å².